The van der Waals surface area contributed by atoms with E-state index in [0.29, 0.717) is 30.4 Å². The molecule has 0 bridgehead atoms. The Kier molecular flexibility index (Phi) is 4.87. The van der Waals surface area contributed by atoms with Gasteiger partial charge in [-0.1, -0.05) is 17.7 Å². The normalized spacial score (nSPS) is 13.1. The molecule has 0 fully saturated rings. The van der Waals surface area contributed by atoms with Crippen molar-refractivity contribution in [1.82, 2.24) is 0 Å². The molecule has 0 saturated carbocycles. The molecule has 0 atom stereocenters. The van der Waals surface area contributed by atoms with Crippen molar-refractivity contribution in [3.8, 4) is 17.6 Å². The van der Waals surface area contributed by atoms with Crippen LogP contribution in [0.15, 0.2) is 42.0 Å². The summed E-state index contributed by atoms with van der Waals surface area (Å²) in [6, 6.07) is 10.7. The van der Waals surface area contributed by atoms with E-state index in [9.17, 15) is 14.4 Å². The van der Waals surface area contributed by atoms with Gasteiger partial charge in [0.2, 0.25) is 0 Å². The second-order valence-electron chi connectivity index (χ2n) is 5.12. The molecule has 126 valence electrons. The first-order chi connectivity index (χ1) is 12.1. The van der Waals surface area contributed by atoms with Gasteiger partial charge in [0, 0.05) is 17.3 Å². The molecular formula is C18H12ClFN2O3. The zero-order valence-corrected chi connectivity index (χ0v) is 13.6. The van der Waals surface area contributed by atoms with Crippen LogP contribution in [-0.2, 0) is 4.79 Å². The fourth-order valence-electron chi connectivity index (χ4n) is 2.26. The summed E-state index contributed by atoms with van der Waals surface area (Å²) in [5.74, 6) is -0.215. The molecule has 0 spiro atoms. The Labute approximate surface area is 148 Å². The molecule has 0 aromatic heterocycles. The number of carbonyl (C=O) groups excluding carboxylic acids is 1. The highest BCUT2D eigenvalue weighted by molar-refractivity contribution is 6.32. The van der Waals surface area contributed by atoms with Crippen molar-refractivity contribution in [3.63, 3.8) is 0 Å². The molecule has 3 rings (SSSR count). The number of nitrogens with zero attached hydrogens (tertiary/aromatic N) is 1. The first-order valence-electron chi connectivity index (χ1n) is 7.35. The number of nitrogens with one attached hydrogen (secondary N) is 1. The number of anilines is 1. The zero-order valence-electron chi connectivity index (χ0n) is 12.9. The lowest BCUT2D eigenvalue weighted by Gasteiger charge is -2.18. The third-order valence-electron chi connectivity index (χ3n) is 3.45. The molecule has 0 unspecified atom stereocenters. The highest BCUT2D eigenvalue weighted by atomic mass is 35.5. The van der Waals surface area contributed by atoms with Crippen molar-refractivity contribution in [1.29, 1.82) is 5.26 Å². The Morgan fingerprint density at radius 1 is 1.24 bits per heavy atom. The lowest BCUT2D eigenvalue weighted by Crippen LogP contribution is -2.17. The lowest BCUT2D eigenvalue weighted by atomic mass is 10.1. The van der Waals surface area contributed by atoms with Crippen LogP contribution in [0, 0.1) is 17.1 Å². The van der Waals surface area contributed by atoms with Gasteiger partial charge in [-0.25, -0.2) is 4.39 Å². The van der Waals surface area contributed by atoms with Crippen LogP contribution in [-0.4, -0.2) is 19.1 Å². The Bertz CT molecular complexity index is 885. The van der Waals surface area contributed by atoms with Gasteiger partial charge < -0.3 is 14.8 Å². The van der Waals surface area contributed by atoms with Gasteiger partial charge in [-0.3, -0.25) is 4.79 Å². The number of ether oxygens (including phenoxy) is 2. The number of amides is 1. The maximum Gasteiger partial charge on any atom is 0.266 e. The SMILES string of the molecule is N#CC(=Cc1c(F)cccc1Cl)C(=O)Nc1ccc2c(c1)OCCO2. The molecule has 0 radical (unpaired) electrons. The minimum absolute atomic E-state index is 0.0157. The summed E-state index contributed by atoms with van der Waals surface area (Å²) in [4.78, 5) is 12.3. The third-order valence-corrected chi connectivity index (χ3v) is 3.78. The number of hydrogen-bond donors (Lipinski definition) is 1. The second-order valence-corrected chi connectivity index (χ2v) is 5.52. The molecule has 1 heterocycles. The Hall–Kier alpha value is -3.04. The molecule has 1 amide bonds. The van der Waals surface area contributed by atoms with E-state index in [-0.39, 0.29) is 16.2 Å². The van der Waals surface area contributed by atoms with E-state index in [4.69, 9.17) is 21.1 Å². The molecule has 25 heavy (non-hydrogen) atoms. The molecule has 7 heteroatoms. The predicted molar refractivity (Wildman–Crippen MR) is 91.1 cm³/mol. The minimum Gasteiger partial charge on any atom is -0.486 e. The molecule has 1 aliphatic rings. The quantitative estimate of drug-likeness (QED) is 0.669. The highest BCUT2D eigenvalue weighted by Gasteiger charge is 2.15. The van der Waals surface area contributed by atoms with Crippen LogP contribution in [0.25, 0.3) is 6.08 Å². The molecule has 2 aromatic carbocycles. The van der Waals surface area contributed by atoms with Gasteiger partial charge in [0.25, 0.3) is 5.91 Å². The van der Waals surface area contributed by atoms with Gasteiger partial charge in [0.1, 0.15) is 30.7 Å². The maximum absolute atomic E-state index is 13.8. The Morgan fingerprint density at radius 2 is 2.00 bits per heavy atom. The van der Waals surface area contributed by atoms with Gasteiger partial charge in [-0.05, 0) is 30.3 Å². The van der Waals surface area contributed by atoms with Crippen molar-refractivity contribution >= 4 is 29.3 Å². The largest absolute Gasteiger partial charge is 0.486 e. The highest BCUT2D eigenvalue weighted by Crippen LogP contribution is 2.32. The average Bonchev–Trinajstić information content (AvgIpc) is 2.61. The number of fused-ring (bicyclic) bond motifs is 1. The Balaban J connectivity index is 1.84. The van der Waals surface area contributed by atoms with Gasteiger partial charge in [-0.15, -0.1) is 0 Å². The van der Waals surface area contributed by atoms with Gasteiger partial charge in [0.05, 0.1) is 5.02 Å². The predicted octanol–water partition coefficient (Wildman–Crippen LogP) is 3.80. The summed E-state index contributed by atoms with van der Waals surface area (Å²) in [6.07, 6.45) is 1.12. The van der Waals surface area contributed by atoms with Crippen LogP contribution in [0.4, 0.5) is 10.1 Å². The number of rotatable bonds is 3. The summed E-state index contributed by atoms with van der Waals surface area (Å²) in [5.41, 5.74) is 0.134. The second kappa shape index (κ2) is 7.24. The van der Waals surface area contributed by atoms with Crippen LogP contribution in [0.3, 0.4) is 0 Å². The number of halogens is 2. The van der Waals surface area contributed by atoms with Crippen molar-refractivity contribution in [2.24, 2.45) is 0 Å². The summed E-state index contributed by atoms with van der Waals surface area (Å²) in [7, 11) is 0. The van der Waals surface area contributed by atoms with E-state index in [1.165, 1.54) is 18.2 Å². The number of nitriles is 1. The minimum atomic E-state index is -0.682. The number of benzene rings is 2. The van der Waals surface area contributed by atoms with Crippen LogP contribution in [0.5, 0.6) is 11.5 Å². The smallest absolute Gasteiger partial charge is 0.266 e. The van der Waals surface area contributed by atoms with Crippen molar-refractivity contribution < 1.29 is 18.7 Å². The topological polar surface area (TPSA) is 71.4 Å². The van der Waals surface area contributed by atoms with E-state index in [1.54, 1.807) is 24.3 Å². The standard InChI is InChI=1S/C18H12ClFN2O3/c19-14-2-1-3-15(20)13(14)8-11(10-21)18(23)22-12-4-5-16-17(9-12)25-7-6-24-16/h1-5,8-9H,6-7H2,(H,22,23). The fourth-order valence-corrected chi connectivity index (χ4v) is 2.48. The molecule has 2 aromatic rings. The van der Waals surface area contributed by atoms with Crippen molar-refractivity contribution in [2.75, 3.05) is 18.5 Å². The van der Waals surface area contributed by atoms with E-state index in [1.807, 2.05) is 0 Å². The van der Waals surface area contributed by atoms with Crippen LogP contribution >= 0.6 is 11.6 Å². The van der Waals surface area contributed by atoms with Crippen LogP contribution in [0.1, 0.15) is 5.56 Å². The average molecular weight is 359 g/mol. The first-order valence-corrected chi connectivity index (χ1v) is 7.73. The summed E-state index contributed by atoms with van der Waals surface area (Å²) >= 11 is 5.92. The molecule has 0 saturated heterocycles. The van der Waals surface area contributed by atoms with Crippen molar-refractivity contribution in [2.45, 2.75) is 0 Å². The lowest BCUT2D eigenvalue weighted by molar-refractivity contribution is -0.112. The molecule has 0 aliphatic carbocycles. The molecule has 1 N–H and O–H groups in total. The molecule has 5 nitrogen and oxygen atoms in total. The molecular weight excluding hydrogens is 347 g/mol. The maximum atomic E-state index is 13.8. The molecule has 1 aliphatic heterocycles. The number of hydrogen-bond acceptors (Lipinski definition) is 4. The summed E-state index contributed by atoms with van der Waals surface area (Å²) < 4.78 is 24.7. The fraction of sp³-hybridized carbons (Fsp3) is 0.111. The van der Waals surface area contributed by atoms with E-state index >= 15 is 0 Å². The van der Waals surface area contributed by atoms with Gasteiger partial charge in [0.15, 0.2) is 11.5 Å². The van der Waals surface area contributed by atoms with Crippen LogP contribution in [0.2, 0.25) is 5.02 Å². The zero-order chi connectivity index (χ0) is 17.8. The Morgan fingerprint density at radius 3 is 2.72 bits per heavy atom. The third kappa shape index (κ3) is 3.73. The van der Waals surface area contributed by atoms with E-state index in [2.05, 4.69) is 5.32 Å². The number of carbonyl (C=O) groups is 1. The van der Waals surface area contributed by atoms with Gasteiger partial charge >= 0.3 is 0 Å². The van der Waals surface area contributed by atoms with E-state index in [0.717, 1.165) is 6.08 Å². The van der Waals surface area contributed by atoms with Crippen molar-refractivity contribution in [3.05, 3.63) is 58.4 Å². The summed E-state index contributed by atoms with van der Waals surface area (Å²) in [6.45, 7) is 0.878. The first kappa shape index (κ1) is 16.8. The monoisotopic (exact) mass is 358 g/mol. The van der Waals surface area contributed by atoms with Crippen LogP contribution < -0.4 is 14.8 Å². The summed E-state index contributed by atoms with van der Waals surface area (Å²) in [5, 5.41) is 11.9. The van der Waals surface area contributed by atoms with Gasteiger partial charge in [-0.2, -0.15) is 5.26 Å². The van der Waals surface area contributed by atoms with E-state index < -0.39 is 11.7 Å².